The third kappa shape index (κ3) is 3.23. The normalized spacial score (nSPS) is 39.1. The van der Waals surface area contributed by atoms with E-state index in [4.69, 9.17) is 4.74 Å². The number of rotatable bonds is 4. The molecule has 6 fully saturated rings. The second-order valence-corrected chi connectivity index (χ2v) is 12.2. The van der Waals surface area contributed by atoms with E-state index >= 15 is 0 Å². The van der Waals surface area contributed by atoms with Gasteiger partial charge in [0.15, 0.2) is 0 Å². The Labute approximate surface area is 178 Å². The van der Waals surface area contributed by atoms with E-state index in [0.717, 1.165) is 54.4 Å². The average molecular weight is 413 g/mol. The molecule has 29 heavy (non-hydrogen) atoms. The smallest absolute Gasteiger partial charge is 0.228 e. The molecule has 1 spiro atoms. The van der Waals surface area contributed by atoms with Crippen molar-refractivity contribution in [1.82, 2.24) is 9.88 Å². The van der Waals surface area contributed by atoms with Crippen LogP contribution >= 0.6 is 11.8 Å². The summed E-state index contributed by atoms with van der Waals surface area (Å²) < 4.78 is 6.44. The van der Waals surface area contributed by atoms with Crippen LogP contribution in [0.4, 0.5) is 0 Å². The molecule has 4 nitrogen and oxygen atoms in total. The number of hydrogen-bond donors (Lipinski definition) is 0. The van der Waals surface area contributed by atoms with Gasteiger partial charge in [-0.15, -0.1) is 11.8 Å². The second-order valence-electron chi connectivity index (χ2n) is 10.8. The van der Waals surface area contributed by atoms with Crippen LogP contribution in [-0.4, -0.2) is 45.5 Å². The molecule has 4 saturated carbocycles. The van der Waals surface area contributed by atoms with Crippen molar-refractivity contribution in [3.05, 3.63) is 29.6 Å². The van der Waals surface area contributed by atoms with Gasteiger partial charge in [0, 0.05) is 24.5 Å². The van der Waals surface area contributed by atoms with Crippen LogP contribution in [0.1, 0.15) is 56.3 Å². The summed E-state index contributed by atoms with van der Waals surface area (Å²) in [5, 5.41) is 0. The van der Waals surface area contributed by atoms with E-state index in [0.29, 0.717) is 18.6 Å². The Bertz CT molecular complexity index is 784. The lowest BCUT2D eigenvalue weighted by atomic mass is 9.49. The lowest BCUT2D eigenvalue weighted by molar-refractivity contribution is -0.163. The molecule has 0 N–H and O–H groups in total. The van der Waals surface area contributed by atoms with E-state index in [1.165, 1.54) is 38.5 Å². The van der Waals surface area contributed by atoms with Crippen molar-refractivity contribution < 1.29 is 9.53 Å². The van der Waals surface area contributed by atoms with Crippen LogP contribution < -0.4 is 0 Å². The molecule has 4 aliphatic carbocycles. The first kappa shape index (κ1) is 18.7. The number of likely N-dealkylation sites (tertiary alicyclic amines) is 1. The summed E-state index contributed by atoms with van der Waals surface area (Å²) in [4.78, 5) is 20.3. The maximum atomic E-state index is 13.5. The molecular weight excluding hydrogens is 380 g/mol. The van der Waals surface area contributed by atoms with Crippen molar-refractivity contribution in [3.63, 3.8) is 0 Å². The highest BCUT2D eigenvalue weighted by Gasteiger charge is 2.59. The molecule has 3 heterocycles. The van der Waals surface area contributed by atoms with Crippen molar-refractivity contribution in [2.75, 3.05) is 18.8 Å². The monoisotopic (exact) mass is 412 g/mol. The fourth-order valence-corrected chi connectivity index (χ4v) is 9.07. The first-order chi connectivity index (χ1) is 14.0. The standard InChI is InChI=1S/C24H32N2O2S/c1-16-3-2-4-20(25-16)12-28-21-11-24(29-13-21)14-26(15-24)22(27)23-8-17-5-18(9-23)7-19(6-17)10-23/h2-4,17-19,21H,5-15H2,1H3. The Hall–Kier alpha value is -1.07. The highest BCUT2D eigenvalue weighted by molar-refractivity contribution is 8.01. The summed E-state index contributed by atoms with van der Waals surface area (Å²) in [6, 6.07) is 6.11. The van der Waals surface area contributed by atoms with Crippen molar-refractivity contribution in [2.24, 2.45) is 23.2 Å². The molecule has 2 saturated heterocycles. The Morgan fingerprint density at radius 2 is 1.83 bits per heavy atom. The maximum absolute atomic E-state index is 13.5. The third-order valence-electron chi connectivity index (χ3n) is 8.33. The van der Waals surface area contributed by atoms with Crippen molar-refractivity contribution >= 4 is 17.7 Å². The minimum atomic E-state index is 0.0202. The van der Waals surface area contributed by atoms with Crippen LogP contribution in [0.5, 0.6) is 0 Å². The number of nitrogens with zero attached hydrogens (tertiary/aromatic N) is 2. The number of hydrogen-bond acceptors (Lipinski definition) is 4. The number of carbonyl (C=O) groups excluding carboxylic acids is 1. The summed E-state index contributed by atoms with van der Waals surface area (Å²) in [6.07, 6.45) is 9.13. The van der Waals surface area contributed by atoms with Crippen molar-refractivity contribution in [2.45, 2.75) is 69.3 Å². The minimum absolute atomic E-state index is 0.0202. The molecule has 1 aromatic rings. The first-order valence-electron chi connectivity index (χ1n) is 11.5. The Kier molecular flexibility index (Phi) is 4.32. The number of pyridine rings is 1. The van der Waals surface area contributed by atoms with E-state index < -0.39 is 0 Å². The summed E-state index contributed by atoms with van der Waals surface area (Å²) in [5.41, 5.74) is 2.08. The topological polar surface area (TPSA) is 42.4 Å². The molecule has 1 aromatic heterocycles. The molecule has 1 atom stereocenters. The fourth-order valence-electron chi connectivity index (χ4n) is 7.51. The van der Waals surface area contributed by atoms with Crippen LogP contribution in [0.15, 0.2) is 18.2 Å². The molecule has 6 aliphatic rings. The van der Waals surface area contributed by atoms with Crippen molar-refractivity contribution in [1.29, 1.82) is 0 Å². The fraction of sp³-hybridized carbons (Fsp3) is 0.750. The number of aromatic nitrogens is 1. The van der Waals surface area contributed by atoms with Gasteiger partial charge in [-0.2, -0.15) is 0 Å². The number of thioether (sulfide) groups is 1. The number of amides is 1. The summed E-state index contributed by atoms with van der Waals surface area (Å²) in [7, 11) is 0. The number of aryl methyl sites for hydroxylation is 1. The van der Waals surface area contributed by atoms with Gasteiger partial charge in [0.25, 0.3) is 0 Å². The Morgan fingerprint density at radius 1 is 1.14 bits per heavy atom. The predicted octanol–water partition coefficient (Wildman–Crippen LogP) is 4.21. The zero-order chi connectivity index (χ0) is 19.6. The molecule has 1 amide bonds. The molecular formula is C24H32N2O2S. The van der Waals surface area contributed by atoms with Crippen LogP contribution in [0, 0.1) is 30.1 Å². The second kappa shape index (κ2) is 6.71. The van der Waals surface area contributed by atoms with E-state index in [2.05, 4.69) is 9.88 Å². The molecule has 1 unspecified atom stereocenters. The van der Waals surface area contributed by atoms with Gasteiger partial charge in [-0.1, -0.05) is 6.07 Å². The summed E-state index contributed by atoms with van der Waals surface area (Å²) >= 11 is 2.04. The Morgan fingerprint density at radius 3 is 2.48 bits per heavy atom. The largest absolute Gasteiger partial charge is 0.371 e. The zero-order valence-corrected chi connectivity index (χ0v) is 18.3. The summed E-state index contributed by atoms with van der Waals surface area (Å²) in [6.45, 7) is 4.51. The van der Waals surface area contributed by atoms with Crippen LogP contribution in [-0.2, 0) is 16.1 Å². The predicted molar refractivity (Wildman–Crippen MR) is 115 cm³/mol. The molecule has 7 rings (SSSR count). The van der Waals surface area contributed by atoms with Gasteiger partial charge in [0.1, 0.15) is 0 Å². The lowest BCUT2D eigenvalue weighted by Gasteiger charge is -2.59. The zero-order valence-electron chi connectivity index (χ0n) is 17.4. The van der Waals surface area contributed by atoms with Crippen LogP contribution in [0.3, 0.4) is 0 Å². The van der Waals surface area contributed by atoms with E-state index in [1.807, 2.05) is 36.9 Å². The van der Waals surface area contributed by atoms with Gasteiger partial charge in [0.05, 0.1) is 28.6 Å². The van der Waals surface area contributed by atoms with E-state index in [-0.39, 0.29) is 10.2 Å². The molecule has 0 radical (unpaired) electrons. The lowest BCUT2D eigenvalue weighted by Crippen LogP contribution is -2.65. The highest BCUT2D eigenvalue weighted by Crippen LogP contribution is 2.61. The first-order valence-corrected chi connectivity index (χ1v) is 12.5. The van der Waals surface area contributed by atoms with E-state index in [9.17, 15) is 4.79 Å². The molecule has 5 heteroatoms. The average Bonchev–Trinajstić information content (AvgIpc) is 3.08. The van der Waals surface area contributed by atoms with Gasteiger partial charge in [0.2, 0.25) is 5.91 Å². The van der Waals surface area contributed by atoms with Gasteiger partial charge < -0.3 is 9.64 Å². The van der Waals surface area contributed by atoms with Gasteiger partial charge in [-0.25, -0.2) is 0 Å². The minimum Gasteiger partial charge on any atom is -0.371 e. The highest BCUT2D eigenvalue weighted by atomic mass is 32.2. The van der Waals surface area contributed by atoms with E-state index in [1.54, 1.807) is 0 Å². The third-order valence-corrected chi connectivity index (χ3v) is 9.90. The van der Waals surface area contributed by atoms with Crippen molar-refractivity contribution in [3.8, 4) is 0 Å². The molecule has 156 valence electrons. The Balaban J connectivity index is 1.04. The van der Waals surface area contributed by atoms with Crippen LogP contribution in [0.2, 0.25) is 0 Å². The molecule has 4 bridgehead atoms. The number of carbonyl (C=O) groups is 1. The number of ether oxygens (including phenoxy) is 1. The quantitative estimate of drug-likeness (QED) is 0.743. The molecule has 0 aromatic carbocycles. The van der Waals surface area contributed by atoms with Crippen LogP contribution in [0.25, 0.3) is 0 Å². The van der Waals surface area contributed by atoms with Gasteiger partial charge in [-0.3, -0.25) is 9.78 Å². The SMILES string of the molecule is Cc1cccc(COC2CSC3(C2)CN(C(=O)C24CC5CC(CC(C5)C2)C4)C3)n1. The summed E-state index contributed by atoms with van der Waals surface area (Å²) in [5.74, 6) is 4.08. The van der Waals surface area contributed by atoms with Gasteiger partial charge >= 0.3 is 0 Å². The van der Waals surface area contributed by atoms with Gasteiger partial charge in [-0.05, 0) is 81.8 Å². The maximum Gasteiger partial charge on any atom is 0.228 e. The molecule has 2 aliphatic heterocycles.